The molecule has 2 amide bonds. The molecule has 2 aliphatic rings. The van der Waals surface area contributed by atoms with E-state index in [9.17, 15) is 23.2 Å². The number of anilines is 1. The lowest BCUT2D eigenvalue weighted by Crippen LogP contribution is -2.51. The van der Waals surface area contributed by atoms with Gasteiger partial charge in [-0.2, -0.15) is 18.4 Å². The molecule has 6 nitrogen and oxygen atoms in total. The number of aromatic nitrogens is 1. The van der Waals surface area contributed by atoms with Crippen LogP contribution >= 0.6 is 0 Å². The fourth-order valence-corrected chi connectivity index (χ4v) is 4.96. The van der Waals surface area contributed by atoms with Crippen molar-refractivity contribution in [3.8, 4) is 17.2 Å². The molecule has 0 bridgehead atoms. The summed E-state index contributed by atoms with van der Waals surface area (Å²) in [4.78, 5) is 20.9. The second-order valence-electron chi connectivity index (χ2n) is 8.85. The van der Waals surface area contributed by atoms with Crippen LogP contribution in [0.15, 0.2) is 90.5 Å². The smallest absolute Gasteiger partial charge is 0.385 e. The van der Waals surface area contributed by atoms with E-state index in [2.05, 4.69) is 22.9 Å². The summed E-state index contributed by atoms with van der Waals surface area (Å²) in [6.07, 6.45) is -0.796. The molecule has 0 aliphatic carbocycles. The molecule has 186 valence electrons. The molecule has 5 rings (SSSR count). The third-order valence-corrected chi connectivity index (χ3v) is 6.64. The SMILES string of the molecule is C=C1NCCC2=C1C(c1ccc(C#N)cc1-c1cccnc1)N(C)C(=O)N2c1cccc(C(F)(F)F)c1. The molecular formula is C28H22F3N5O. The Labute approximate surface area is 212 Å². The second-order valence-corrected chi connectivity index (χ2v) is 8.85. The van der Waals surface area contributed by atoms with E-state index in [4.69, 9.17) is 0 Å². The Morgan fingerprint density at radius 3 is 2.68 bits per heavy atom. The second kappa shape index (κ2) is 9.13. The van der Waals surface area contributed by atoms with Crippen molar-refractivity contribution < 1.29 is 18.0 Å². The zero-order valence-corrected chi connectivity index (χ0v) is 19.9. The van der Waals surface area contributed by atoms with Crippen molar-refractivity contribution in [1.29, 1.82) is 5.26 Å². The number of nitrogens with zero attached hydrogens (tertiary/aromatic N) is 4. The number of alkyl halides is 3. The Kier molecular flexibility index (Phi) is 5.96. The number of urea groups is 1. The summed E-state index contributed by atoms with van der Waals surface area (Å²) >= 11 is 0. The number of carbonyl (C=O) groups excluding carboxylic acids is 1. The summed E-state index contributed by atoms with van der Waals surface area (Å²) in [5, 5.41) is 12.8. The number of nitriles is 1. The van der Waals surface area contributed by atoms with E-state index in [1.165, 1.54) is 21.9 Å². The first-order valence-electron chi connectivity index (χ1n) is 11.6. The molecular weight excluding hydrogens is 479 g/mol. The fraction of sp³-hybridized carbons (Fsp3) is 0.179. The Morgan fingerprint density at radius 1 is 1.16 bits per heavy atom. The van der Waals surface area contributed by atoms with E-state index in [1.807, 2.05) is 12.1 Å². The molecule has 37 heavy (non-hydrogen) atoms. The fourth-order valence-electron chi connectivity index (χ4n) is 4.96. The minimum absolute atomic E-state index is 0.139. The zero-order chi connectivity index (χ0) is 26.3. The molecule has 0 fully saturated rings. The van der Waals surface area contributed by atoms with Gasteiger partial charge in [0, 0.05) is 54.9 Å². The van der Waals surface area contributed by atoms with Gasteiger partial charge in [-0.15, -0.1) is 0 Å². The molecule has 0 radical (unpaired) electrons. The van der Waals surface area contributed by atoms with Crippen LogP contribution in [-0.2, 0) is 6.18 Å². The van der Waals surface area contributed by atoms with Gasteiger partial charge in [0.05, 0.1) is 28.9 Å². The standard InChI is InChI=1S/C28H22F3N5O/c1-17-25-24(10-12-34-17)36(21-7-3-6-20(14-21)28(29,30)31)27(37)35(2)26(25)22-9-8-18(15-32)13-23(22)19-5-4-11-33-16-19/h3-9,11,13-14,16,26,34H,1,10,12H2,2H3. The summed E-state index contributed by atoms with van der Waals surface area (Å²) in [7, 11) is 1.62. The highest BCUT2D eigenvalue weighted by Gasteiger charge is 2.42. The van der Waals surface area contributed by atoms with Gasteiger partial charge >= 0.3 is 12.2 Å². The first-order valence-corrected chi connectivity index (χ1v) is 11.6. The molecule has 0 saturated carbocycles. The molecule has 0 saturated heterocycles. The van der Waals surface area contributed by atoms with E-state index < -0.39 is 23.8 Å². The number of likely N-dealkylation sites (N-methyl/N-ethyl adjacent to an activating group) is 1. The third-order valence-electron chi connectivity index (χ3n) is 6.64. The number of halogens is 3. The molecule has 1 atom stereocenters. The summed E-state index contributed by atoms with van der Waals surface area (Å²) in [5.41, 5.74) is 3.91. The predicted octanol–water partition coefficient (Wildman–Crippen LogP) is 6.01. The molecule has 2 aliphatic heterocycles. The minimum Gasteiger partial charge on any atom is -0.385 e. The maximum absolute atomic E-state index is 13.8. The number of rotatable bonds is 3. The molecule has 3 aromatic rings. The topological polar surface area (TPSA) is 72.3 Å². The quantitative estimate of drug-likeness (QED) is 0.477. The zero-order valence-electron chi connectivity index (χ0n) is 19.9. The van der Waals surface area contributed by atoms with Crippen LogP contribution in [-0.4, -0.2) is 29.5 Å². The average molecular weight is 502 g/mol. The number of hydrogen-bond acceptors (Lipinski definition) is 4. The van der Waals surface area contributed by atoms with Crippen LogP contribution in [0.3, 0.4) is 0 Å². The van der Waals surface area contributed by atoms with Crippen LogP contribution < -0.4 is 10.2 Å². The predicted molar refractivity (Wildman–Crippen MR) is 133 cm³/mol. The number of hydrogen-bond donors (Lipinski definition) is 1. The van der Waals surface area contributed by atoms with E-state index in [0.717, 1.165) is 28.8 Å². The normalized spacial score (nSPS) is 17.9. The van der Waals surface area contributed by atoms with Crippen molar-refractivity contribution in [2.45, 2.75) is 18.6 Å². The van der Waals surface area contributed by atoms with Gasteiger partial charge in [-0.1, -0.05) is 24.8 Å². The van der Waals surface area contributed by atoms with Gasteiger partial charge in [0.2, 0.25) is 0 Å². The molecule has 1 N–H and O–H groups in total. The van der Waals surface area contributed by atoms with Crippen molar-refractivity contribution in [3.05, 3.63) is 107 Å². The van der Waals surface area contributed by atoms with Gasteiger partial charge in [-0.25, -0.2) is 4.79 Å². The summed E-state index contributed by atoms with van der Waals surface area (Å²) < 4.78 is 40.4. The number of carbonyl (C=O) groups is 1. The Morgan fingerprint density at radius 2 is 1.97 bits per heavy atom. The number of benzene rings is 2. The van der Waals surface area contributed by atoms with Gasteiger partial charge in [-0.3, -0.25) is 9.88 Å². The van der Waals surface area contributed by atoms with Gasteiger partial charge < -0.3 is 10.2 Å². The van der Waals surface area contributed by atoms with Crippen LogP contribution in [0, 0.1) is 11.3 Å². The van der Waals surface area contributed by atoms with Crippen molar-refractivity contribution in [2.24, 2.45) is 0 Å². The van der Waals surface area contributed by atoms with Crippen molar-refractivity contribution in [1.82, 2.24) is 15.2 Å². The van der Waals surface area contributed by atoms with E-state index in [1.54, 1.807) is 37.6 Å². The highest BCUT2D eigenvalue weighted by atomic mass is 19.4. The number of nitrogens with one attached hydrogen (secondary N) is 1. The first-order chi connectivity index (χ1) is 17.7. The lowest BCUT2D eigenvalue weighted by atomic mass is 9.84. The largest absolute Gasteiger partial charge is 0.416 e. The van der Waals surface area contributed by atoms with Gasteiger partial charge in [0.15, 0.2) is 0 Å². The van der Waals surface area contributed by atoms with Gasteiger partial charge in [-0.05, 0) is 47.5 Å². The molecule has 2 aromatic carbocycles. The van der Waals surface area contributed by atoms with Gasteiger partial charge in [0.1, 0.15) is 0 Å². The van der Waals surface area contributed by atoms with Crippen LogP contribution in [0.25, 0.3) is 11.1 Å². The molecule has 3 heterocycles. The van der Waals surface area contributed by atoms with Crippen molar-refractivity contribution in [2.75, 3.05) is 18.5 Å². The van der Waals surface area contributed by atoms with Crippen LogP contribution in [0.4, 0.5) is 23.7 Å². The highest BCUT2D eigenvalue weighted by Crippen LogP contribution is 2.46. The highest BCUT2D eigenvalue weighted by molar-refractivity contribution is 5.98. The molecule has 1 aromatic heterocycles. The van der Waals surface area contributed by atoms with Crippen molar-refractivity contribution in [3.63, 3.8) is 0 Å². The van der Waals surface area contributed by atoms with E-state index >= 15 is 0 Å². The maximum Gasteiger partial charge on any atom is 0.416 e. The average Bonchev–Trinajstić information content (AvgIpc) is 2.90. The Hall–Kier alpha value is -4.58. The third kappa shape index (κ3) is 4.20. The summed E-state index contributed by atoms with van der Waals surface area (Å²) in [5.74, 6) is 0. The first kappa shape index (κ1) is 24.1. The van der Waals surface area contributed by atoms with Gasteiger partial charge in [0.25, 0.3) is 0 Å². The maximum atomic E-state index is 13.8. The monoisotopic (exact) mass is 501 g/mol. The summed E-state index contributed by atoms with van der Waals surface area (Å²) in [6, 6.07) is 14.8. The van der Waals surface area contributed by atoms with Crippen molar-refractivity contribution >= 4 is 11.7 Å². The minimum atomic E-state index is -4.54. The lowest BCUT2D eigenvalue weighted by molar-refractivity contribution is -0.137. The Balaban J connectivity index is 1.73. The number of pyridine rings is 1. The molecule has 9 heteroatoms. The van der Waals surface area contributed by atoms with Crippen LogP contribution in [0.2, 0.25) is 0 Å². The Bertz CT molecular complexity index is 1470. The van der Waals surface area contributed by atoms with E-state index in [0.29, 0.717) is 35.5 Å². The van der Waals surface area contributed by atoms with Crippen LogP contribution in [0.1, 0.15) is 29.2 Å². The number of amides is 2. The molecule has 0 spiro atoms. The lowest BCUT2D eigenvalue weighted by Gasteiger charge is -2.45. The van der Waals surface area contributed by atoms with E-state index in [-0.39, 0.29) is 5.69 Å². The molecule has 1 unspecified atom stereocenters. The van der Waals surface area contributed by atoms with Crippen LogP contribution in [0.5, 0.6) is 0 Å². The summed E-state index contributed by atoms with van der Waals surface area (Å²) in [6.45, 7) is 4.66.